The molecule has 4 heteroatoms. The van der Waals surface area contributed by atoms with E-state index in [-0.39, 0.29) is 0 Å². The summed E-state index contributed by atoms with van der Waals surface area (Å²) < 4.78 is 9.20. The lowest BCUT2D eigenvalue weighted by atomic mass is 15.9. The van der Waals surface area contributed by atoms with Gasteiger partial charge in [0.15, 0.2) is 0 Å². The van der Waals surface area contributed by atoms with Crippen molar-refractivity contribution in [2.24, 2.45) is 0 Å². The highest BCUT2D eigenvalue weighted by Crippen LogP contribution is 1.97. The molecule has 1 radical (unpaired) electrons. The van der Waals surface area contributed by atoms with Gasteiger partial charge in [0.25, 0.3) is 0 Å². The Morgan fingerprint density at radius 2 is 2.00 bits per heavy atom. The van der Waals surface area contributed by atoms with E-state index < -0.39 is 6.67 Å². The fourth-order valence-electron chi connectivity index (χ4n) is 0. The summed E-state index contributed by atoms with van der Waals surface area (Å²) in [5, 5.41) is 0. The van der Waals surface area contributed by atoms with Crippen LogP contribution in [0.4, 0.5) is 0 Å². The van der Waals surface area contributed by atoms with E-state index in [1.807, 2.05) is 0 Å². The Morgan fingerprint density at radius 3 is 2.00 bits per heavy atom. The summed E-state index contributed by atoms with van der Waals surface area (Å²) in [4.78, 5) is 7.61. The molecule has 1 N–H and O–H groups in total. The van der Waals surface area contributed by atoms with Crippen molar-refractivity contribution in [2.45, 2.75) is 0 Å². The summed E-state index contributed by atoms with van der Waals surface area (Å²) in [5.41, 5.74) is 0. The van der Waals surface area contributed by atoms with Gasteiger partial charge in [0, 0.05) is 0 Å². The van der Waals surface area contributed by atoms with E-state index in [2.05, 4.69) is 0 Å². The van der Waals surface area contributed by atoms with Crippen LogP contribution in [0.2, 0.25) is 0 Å². The van der Waals surface area contributed by atoms with E-state index >= 15 is 0 Å². The normalized spacial score (nSPS) is 15.2. The van der Waals surface area contributed by atoms with Crippen LogP contribution in [0, 0.1) is 0 Å². The minimum atomic E-state index is -2.10. The molecule has 0 amide bonds. The number of rotatable bonds is 0. The molecule has 0 bridgehead atoms. The Bertz CT molecular complexity index is 29.0. The van der Waals surface area contributed by atoms with Crippen molar-refractivity contribution in [1.82, 2.24) is 0 Å². The third-order valence-electron chi connectivity index (χ3n) is 0. The van der Waals surface area contributed by atoms with Gasteiger partial charge >= 0.3 is 15.8 Å². The Kier molecular flexibility index (Phi) is 2.35. The third-order valence-corrected chi connectivity index (χ3v) is 0. The largest absolute Gasteiger partial charge is 0.360 e. The van der Waals surface area contributed by atoms with Gasteiger partial charge in [-0.15, -0.1) is 0 Å². The SMILES string of the molecule is O=[PH](O)[AlH]. The molecule has 0 aromatic carbocycles. The fraction of sp³-hybridized carbons (Fsp3) is 0. The molecule has 0 aromatic heterocycles. The summed E-state index contributed by atoms with van der Waals surface area (Å²) in [5.74, 6) is 0. The predicted molar refractivity (Wildman–Crippen MR) is 18.4 cm³/mol. The van der Waals surface area contributed by atoms with Gasteiger partial charge in [0.05, 0.1) is 6.67 Å². The van der Waals surface area contributed by atoms with Crippen LogP contribution in [-0.2, 0) is 4.57 Å². The van der Waals surface area contributed by atoms with Crippen LogP contribution >= 0.6 is 6.67 Å². The van der Waals surface area contributed by atoms with Crippen LogP contribution in [0.15, 0.2) is 0 Å². The fourth-order valence-corrected chi connectivity index (χ4v) is 0. The van der Waals surface area contributed by atoms with Gasteiger partial charge in [0.2, 0.25) is 0 Å². The van der Waals surface area contributed by atoms with Crippen molar-refractivity contribution in [1.29, 1.82) is 0 Å². The Hall–Kier alpha value is 0.722. The molecule has 0 rings (SSSR count). The molecular weight excluding hydrogens is 90.0 g/mol. The second-order valence-electron chi connectivity index (χ2n) is 0.394. The molecule has 2 nitrogen and oxygen atoms in total. The summed E-state index contributed by atoms with van der Waals surface area (Å²) in [6.45, 7) is -2.10. The Morgan fingerprint density at radius 1 is 2.00 bits per heavy atom. The van der Waals surface area contributed by atoms with Gasteiger partial charge in [-0.1, -0.05) is 0 Å². The van der Waals surface area contributed by atoms with Gasteiger partial charge in [-0.25, -0.2) is 0 Å². The molecule has 1 atom stereocenters. The molecule has 0 spiro atoms. The third kappa shape index (κ3) is 15.5. The summed E-state index contributed by atoms with van der Waals surface area (Å²) in [6.07, 6.45) is 0. The van der Waals surface area contributed by atoms with Crippen LogP contribution in [0.3, 0.4) is 0 Å². The number of hydrogen-bond donors (Lipinski definition) is 1. The quantitative estimate of drug-likeness (QED) is 0.316. The van der Waals surface area contributed by atoms with E-state index in [0.717, 1.165) is 15.8 Å². The van der Waals surface area contributed by atoms with Crippen molar-refractivity contribution in [3.05, 3.63) is 0 Å². The van der Waals surface area contributed by atoms with Gasteiger partial charge in [-0.3, -0.25) is 0 Å². The lowest BCUT2D eigenvalue weighted by Crippen LogP contribution is -1.40. The van der Waals surface area contributed by atoms with Crippen molar-refractivity contribution in [3.8, 4) is 0 Å². The summed E-state index contributed by atoms with van der Waals surface area (Å²) >= 11 is 1.10. The van der Waals surface area contributed by atoms with Crippen LogP contribution in [0.5, 0.6) is 0 Å². The molecule has 0 aliphatic heterocycles. The Labute approximate surface area is 32.7 Å². The van der Waals surface area contributed by atoms with E-state index in [1.54, 1.807) is 0 Å². The molecule has 0 heterocycles. The highest BCUT2D eigenvalue weighted by atomic mass is 31.3. The first-order chi connectivity index (χ1) is 1.73. The maximum Gasteiger partial charge on any atom is 0.323 e. The van der Waals surface area contributed by atoms with E-state index in [4.69, 9.17) is 4.89 Å². The maximum absolute atomic E-state index is 9.20. The molecule has 0 saturated carbocycles. The van der Waals surface area contributed by atoms with Gasteiger partial charge < -0.3 is 9.46 Å². The van der Waals surface area contributed by atoms with Gasteiger partial charge in [-0.2, -0.15) is 0 Å². The average Bonchev–Trinajstić information content (AvgIpc) is 0.811. The highest BCUT2D eigenvalue weighted by molar-refractivity contribution is 7.66. The minimum Gasteiger partial charge on any atom is -0.360 e. The van der Waals surface area contributed by atoms with Crippen LogP contribution < -0.4 is 0 Å². The summed E-state index contributed by atoms with van der Waals surface area (Å²) in [7, 11) is 0. The minimum absolute atomic E-state index is 1.10. The zero-order chi connectivity index (χ0) is 3.58. The first-order valence-corrected chi connectivity index (χ1v) is 4.47. The Balaban J connectivity index is 2.80. The molecule has 0 aliphatic carbocycles. The lowest BCUT2D eigenvalue weighted by molar-refractivity contribution is 0.518. The standard InChI is InChI=1S/Al.HO2P.H/c;1-3-2;/h;3H;/q-1;;/p+1. The van der Waals surface area contributed by atoms with E-state index in [9.17, 15) is 4.57 Å². The molecule has 0 fully saturated rings. The molecule has 0 saturated heterocycles. The van der Waals surface area contributed by atoms with Crippen molar-refractivity contribution in [3.63, 3.8) is 0 Å². The van der Waals surface area contributed by atoms with E-state index in [1.165, 1.54) is 0 Å². The van der Waals surface area contributed by atoms with Crippen molar-refractivity contribution < 1.29 is 9.46 Å². The maximum atomic E-state index is 9.20. The smallest absolute Gasteiger partial charge is 0.323 e. The van der Waals surface area contributed by atoms with Crippen molar-refractivity contribution in [2.75, 3.05) is 0 Å². The predicted octanol–water partition coefficient (Wildman–Crippen LogP) is -0.731. The monoisotopic (exact) mass is 93.0 g/mol. The first-order valence-electron chi connectivity index (χ1n) is 0.781. The van der Waals surface area contributed by atoms with Crippen LogP contribution in [-0.4, -0.2) is 20.7 Å². The number of hydrogen-bond acceptors (Lipinski definition) is 1. The zero-order valence-corrected chi connectivity index (χ0v) is 4.48. The second-order valence-corrected chi connectivity index (χ2v) is 3.00. The topological polar surface area (TPSA) is 37.3 Å². The molecule has 1 unspecified atom stereocenters. The van der Waals surface area contributed by atoms with Gasteiger partial charge in [0.1, 0.15) is 0 Å². The molecule has 23 valence electrons. The lowest BCUT2D eigenvalue weighted by Gasteiger charge is -1.61. The summed E-state index contributed by atoms with van der Waals surface area (Å²) in [6, 6.07) is 0. The zero-order valence-electron chi connectivity index (χ0n) is 2.06. The highest BCUT2D eigenvalue weighted by Gasteiger charge is 1.62. The van der Waals surface area contributed by atoms with Crippen molar-refractivity contribution >= 4 is 22.5 Å². The average molecular weight is 93.0 g/mol. The van der Waals surface area contributed by atoms with E-state index in [0.29, 0.717) is 0 Å². The molecule has 0 aromatic rings. The van der Waals surface area contributed by atoms with Crippen LogP contribution in [0.1, 0.15) is 0 Å². The molecule has 0 aliphatic rings. The van der Waals surface area contributed by atoms with Crippen LogP contribution in [0.25, 0.3) is 0 Å². The molecular formula is H3AlO2P. The second kappa shape index (κ2) is 1.99. The molecule has 4 heavy (non-hydrogen) atoms. The first kappa shape index (κ1) is 4.72. The van der Waals surface area contributed by atoms with Gasteiger partial charge in [-0.05, 0) is 0 Å².